The predicted molar refractivity (Wildman–Crippen MR) is 148 cm³/mol. The maximum absolute atomic E-state index is 12.7. The first-order chi connectivity index (χ1) is 18.2. The Morgan fingerprint density at radius 1 is 0.711 bits per heavy atom. The van der Waals surface area contributed by atoms with Crippen LogP contribution in [0.3, 0.4) is 0 Å². The third-order valence-corrected chi connectivity index (χ3v) is 8.44. The molecule has 12 heteroatoms. The number of esters is 2. The minimum absolute atomic E-state index is 0.231. The Bertz CT molecular complexity index is 1250. The topological polar surface area (TPSA) is 136 Å². The number of thiophene rings is 2. The van der Waals surface area contributed by atoms with Gasteiger partial charge in [0.15, 0.2) is 0 Å². The average molecular weight is 559 g/mol. The van der Waals surface area contributed by atoms with Crippen LogP contribution in [-0.2, 0) is 31.9 Å². The van der Waals surface area contributed by atoms with Gasteiger partial charge >= 0.3 is 11.9 Å². The molecule has 2 aromatic rings. The van der Waals surface area contributed by atoms with E-state index in [9.17, 15) is 19.2 Å². The van der Waals surface area contributed by atoms with E-state index in [1.54, 1.807) is 13.8 Å². The highest BCUT2D eigenvalue weighted by Crippen LogP contribution is 2.41. The lowest BCUT2D eigenvalue weighted by Crippen LogP contribution is -2.16. The van der Waals surface area contributed by atoms with Crippen LogP contribution in [0.15, 0.2) is 10.2 Å². The number of ether oxygens (including phenoxy) is 2. The van der Waals surface area contributed by atoms with Gasteiger partial charge in [-0.25, -0.2) is 9.59 Å². The van der Waals surface area contributed by atoms with Crippen molar-refractivity contribution in [2.75, 3.05) is 23.8 Å². The van der Waals surface area contributed by atoms with Gasteiger partial charge in [-0.1, -0.05) is 0 Å². The van der Waals surface area contributed by atoms with Gasteiger partial charge in [-0.3, -0.25) is 9.59 Å². The fourth-order valence-corrected chi connectivity index (χ4v) is 7.20. The SMILES string of the molecule is CCOC(=O)c1c(NC(C)=O)sc2c1CCCC2=NN=C1CCCc2c1sc(NC(C)=O)c2C(=O)OCC. The molecule has 202 valence electrons. The lowest BCUT2D eigenvalue weighted by atomic mass is 9.93. The molecule has 2 aromatic heterocycles. The number of fused-ring (bicyclic) bond motifs is 2. The van der Waals surface area contributed by atoms with Crippen molar-refractivity contribution in [3.8, 4) is 0 Å². The van der Waals surface area contributed by atoms with Gasteiger partial charge in [0.25, 0.3) is 0 Å². The minimum Gasteiger partial charge on any atom is -0.462 e. The molecule has 0 aromatic carbocycles. The molecule has 0 fully saturated rings. The van der Waals surface area contributed by atoms with Crippen LogP contribution in [0.4, 0.5) is 10.0 Å². The number of hydrogen-bond donors (Lipinski definition) is 2. The van der Waals surface area contributed by atoms with Crippen LogP contribution in [0, 0.1) is 0 Å². The van der Waals surface area contributed by atoms with Crippen LogP contribution in [0.1, 0.15) is 95.0 Å². The molecular formula is C26H30N4O6S2. The number of amides is 2. The summed E-state index contributed by atoms with van der Waals surface area (Å²) in [5, 5.41) is 15.7. The maximum atomic E-state index is 12.7. The van der Waals surface area contributed by atoms with Crippen molar-refractivity contribution in [2.24, 2.45) is 10.2 Å². The van der Waals surface area contributed by atoms with E-state index in [1.165, 1.54) is 36.5 Å². The van der Waals surface area contributed by atoms with Crippen LogP contribution in [-0.4, -0.2) is 48.4 Å². The standard InChI is InChI=1S/C26H30N4O6S2/c1-5-35-25(33)19-15-9-7-11-17(21(15)37-23(19)27-13(3)31)29-30-18-12-8-10-16-20(26(34)36-6-2)24(28-14(4)32)38-22(16)18/h5-12H2,1-4H3,(H,27,31)(H,28,32). The van der Waals surface area contributed by atoms with Crippen LogP contribution in [0.25, 0.3) is 0 Å². The minimum atomic E-state index is -0.464. The Balaban J connectivity index is 1.76. The fourth-order valence-electron chi connectivity index (χ4n) is 4.61. The number of hydrogen-bond acceptors (Lipinski definition) is 10. The van der Waals surface area contributed by atoms with Crippen LogP contribution in [0.2, 0.25) is 0 Å². The molecule has 2 N–H and O–H groups in total. The summed E-state index contributed by atoms with van der Waals surface area (Å²) in [6.45, 7) is 6.74. The van der Waals surface area contributed by atoms with Crippen molar-refractivity contribution in [1.82, 2.24) is 0 Å². The van der Waals surface area contributed by atoms with Gasteiger partial charge in [0.2, 0.25) is 11.8 Å². The van der Waals surface area contributed by atoms with Gasteiger partial charge < -0.3 is 20.1 Å². The zero-order valence-electron chi connectivity index (χ0n) is 21.8. The van der Waals surface area contributed by atoms with Crippen molar-refractivity contribution in [3.63, 3.8) is 0 Å². The third-order valence-electron chi connectivity index (χ3n) is 6.05. The summed E-state index contributed by atoms with van der Waals surface area (Å²) in [6, 6.07) is 0. The average Bonchev–Trinajstić information content (AvgIpc) is 3.40. The number of anilines is 2. The van der Waals surface area contributed by atoms with E-state index >= 15 is 0 Å². The number of rotatable bonds is 7. The largest absolute Gasteiger partial charge is 0.462 e. The molecule has 0 saturated carbocycles. The van der Waals surface area contributed by atoms with Gasteiger partial charge in [-0.2, -0.15) is 10.2 Å². The van der Waals surface area contributed by atoms with Crippen molar-refractivity contribution in [2.45, 2.75) is 66.2 Å². The number of nitrogens with one attached hydrogen (secondary N) is 2. The second-order valence-corrected chi connectivity index (χ2v) is 10.9. The summed E-state index contributed by atoms with van der Waals surface area (Å²) in [4.78, 5) is 50.7. The summed E-state index contributed by atoms with van der Waals surface area (Å²) in [6.07, 6.45) is 4.26. The zero-order chi connectivity index (χ0) is 27.4. The van der Waals surface area contributed by atoms with E-state index in [-0.39, 0.29) is 25.0 Å². The second kappa shape index (κ2) is 12.0. The molecule has 0 saturated heterocycles. The van der Waals surface area contributed by atoms with Crippen molar-refractivity contribution < 1.29 is 28.7 Å². The normalized spacial score (nSPS) is 16.5. The quantitative estimate of drug-likeness (QED) is 0.365. The molecule has 0 radical (unpaired) electrons. The molecule has 0 aliphatic heterocycles. The Kier molecular flexibility index (Phi) is 8.72. The first-order valence-electron chi connectivity index (χ1n) is 12.6. The Morgan fingerprint density at radius 3 is 1.45 bits per heavy atom. The van der Waals surface area contributed by atoms with Crippen molar-refractivity contribution in [3.05, 3.63) is 32.0 Å². The maximum Gasteiger partial charge on any atom is 0.341 e. The van der Waals surface area contributed by atoms with E-state index in [0.29, 0.717) is 46.8 Å². The molecule has 2 heterocycles. The highest BCUT2D eigenvalue weighted by Gasteiger charge is 2.32. The van der Waals surface area contributed by atoms with Gasteiger partial charge in [0.05, 0.1) is 45.5 Å². The summed E-state index contributed by atoms with van der Waals surface area (Å²) >= 11 is 2.62. The monoisotopic (exact) mass is 558 g/mol. The summed E-state index contributed by atoms with van der Waals surface area (Å²) in [5.74, 6) is -1.47. The Morgan fingerprint density at radius 2 is 1.11 bits per heavy atom. The first-order valence-corrected chi connectivity index (χ1v) is 14.2. The third kappa shape index (κ3) is 5.70. The predicted octanol–water partition coefficient (Wildman–Crippen LogP) is 4.95. The molecule has 2 aliphatic rings. The molecule has 2 amide bonds. The lowest BCUT2D eigenvalue weighted by molar-refractivity contribution is -0.115. The summed E-state index contributed by atoms with van der Waals surface area (Å²) in [5.41, 5.74) is 3.89. The van der Waals surface area contributed by atoms with Crippen molar-refractivity contribution in [1.29, 1.82) is 0 Å². The molecule has 0 unspecified atom stereocenters. The molecule has 0 atom stereocenters. The Labute approximate surface area is 228 Å². The summed E-state index contributed by atoms with van der Waals surface area (Å²) in [7, 11) is 0. The molecule has 2 aliphatic carbocycles. The van der Waals surface area contributed by atoms with Gasteiger partial charge in [-0.05, 0) is 63.5 Å². The highest BCUT2D eigenvalue weighted by molar-refractivity contribution is 7.19. The van der Waals surface area contributed by atoms with E-state index in [4.69, 9.17) is 9.47 Å². The molecule has 0 bridgehead atoms. The molecule has 4 rings (SSSR count). The number of carbonyl (C=O) groups excluding carboxylic acids is 4. The van der Waals surface area contributed by atoms with Crippen LogP contribution < -0.4 is 10.6 Å². The first kappa shape index (κ1) is 27.6. The zero-order valence-corrected chi connectivity index (χ0v) is 23.5. The smallest absolute Gasteiger partial charge is 0.341 e. The van der Waals surface area contributed by atoms with Crippen molar-refractivity contribution >= 4 is 67.9 Å². The summed E-state index contributed by atoms with van der Waals surface area (Å²) < 4.78 is 10.5. The molecule has 10 nitrogen and oxygen atoms in total. The van der Waals surface area contributed by atoms with Crippen LogP contribution >= 0.6 is 22.7 Å². The molecule has 38 heavy (non-hydrogen) atoms. The van der Waals surface area contributed by atoms with E-state index < -0.39 is 11.9 Å². The highest BCUT2D eigenvalue weighted by atomic mass is 32.1. The van der Waals surface area contributed by atoms with E-state index in [1.807, 2.05) is 0 Å². The second-order valence-electron chi connectivity index (χ2n) is 8.83. The molecular weight excluding hydrogens is 528 g/mol. The fraction of sp³-hybridized carbons (Fsp3) is 0.462. The Hall–Kier alpha value is -3.38. The number of carbonyl (C=O) groups is 4. The molecule has 0 spiro atoms. The van der Waals surface area contributed by atoms with Gasteiger partial charge in [0.1, 0.15) is 10.0 Å². The van der Waals surface area contributed by atoms with Gasteiger partial charge in [0, 0.05) is 13.8 Å². The van der Waals surface area contributed by atoms with Crippen LogP contribution in [0.5, 0.6) is 0 Å². The van der Waals surface area contributed by atoms with Gasteiger partial charge in [-0.15, -0.1) is 22.7 Å². The lowest BCUT2D eigenvalue weighted by Gasteiger charge is -2.16. The number of nitrogens with zero attached hydrogens (tertiary/aromatic N) is 2. The van der Waals surface area contributed by atoms with E-state index in [2.05, 4.69) is 20.8 Å². The van der Waals surface area contributed by atoms with E-state index in [0.717, 1.165) is 45.1 Å².